The molecule has 0 bridgehead atoms. The molecule has 0 unspecified atom stereocenters. The van der Waals surface area contributed by atoms with E-state index in [4.69, 9.17) is 10.5 Å². The summed E-state index contributed by atoms with van der Waals surface area (Å²) in [5.74, 6) is -0.380. The SMILES string of the molecule is Cc1cc(C)c(C(=O)OCc2cncc(Br)c2)cc1N. The Labute approximate surface area is 126 Å². The average molecular weight is 335 g/mol. The van der Waals surface area contributed by atoms with Crippen LogP contribution >= 0.6 is 15.9 Å². The summed E-state index contributed by atoms with van der Waals surface area (Å²) in [4.78, 5) is 16.1. The third kappa shape index (κ3) is 3.36. The molecule has 4 nitrogen and oxygen atoms in total. The lowest BCUT2D eigenvalue weighted by Crippen LogP contribution is -2.08. The van der Waals surface area contributed by atoms with Crippen molar-refractivity contribution in [2.45, 2.75) is 20.5 Å². The van der Waals surface area contributed by atoms with Crippen LogP contribution in [0.15, 0.2) is 35.1 Å². The molecule has 2 rings (SSSR count). The second-order valence-electron chi connectivity index (χ2n) is 4.61. The van der Waals surface area contributed by atoms with E-state index in [0.29, 0.717) is 11.3 Å². The number of hydrogen-bond acceptors (Lipinski definition) is 4. The summed E-state index contributed by atoms with van der Waals surface area (Å²) in [6.07, 6.45) is 3.34. The molecule has 0 aliphatic carbocycles. The molecule has 0 amide bonds. The van der Waals surface area contributed by atoms with Crippen molar-refractivity contribution >= 4 is 27.6 Å². The van der Waals surface area contributed by atoms with Crippen LogP contribution in [-0.4, -0.2) is 11.0 Å². The van der Waals surface area contributed by atoms with Crippen LogP contribution in [0.4, 0.5) is 5.69 Å². The molecular weight excluding hydrogens is 320 g/mol. The molecule has 0 spiro atoms. The van der Waals surface area contributed by atoms with Gasteiger partial charge < -0.3 is 10.5 Å². The lowest BCUT2D eigenvalue weighted by molar-refractivity contribution is 0.0471. The van der Waals surface area contributed by atoms with Gasteiger partial charge in [-0.2, -0.15) is 0 Å². The Bertz CT molecular complexity index is 656. The van der Waals surface area contributed by atoms with E-state index < -0.39 is 0 Å². The van der Waals surface area contributed by atoms with E-state index in [1.165, 1.54) is 0 Å². The van der Waals surface area contributed by atoms with Crippen molar-refractivity contribution < 1.29 is 9.53 Å². The molecule has 0 saturated heterocycles. The number of anilines is 1. The zero-order valence-electron chi connectivity index (χ0n) is 11.3. The molecule has 0 radical (unpaired) electrons. The predicted molar refractivity (Wildman–Crippen MR) is 81.4 cm³/mol. The van der Waals surface area contributed by atoms with Crippen molar-refractivity contribution in [1.82, 2.24) is 4.98 Å². The van der Waals surface area contributed by atoms with E-state index in [-0.39, 0.29) is 12.6 Å². The first-order chi connectivity index (χ1) is 9.47. The molecule has 1 aromatic carbocycles. The summed E-state index contributed by atoms with van der Waals surface area (Å²) in [5, 5.41) is 0. The van der Waals surface area contributed by atoms with Gasteiger partial charge >= 0.3 is 5.97 Å². The molecule has 1 aromatic heterocycles. The van der Waals surface area contributed by atoms with Crippen molar-refractivity contribution in [1.29, 1.82) is 0 Å². The van der Waals surface area contributed by atoms with Gasteiger partial charge in [0, 0.05) is 28.1 Å². The number of esters is 1. The number of carbonyl (C=O) groups excluding carboxylic acids is 1. The van der Waals surface area contributed by atoms with Crippen LogP contribution in [0.5, 0.6) is 0 Å². The van der Waals surface area contributed by atoms with Gasteiger partial charge in [-0.3, -0.25) is 4.98 Å². The van der Waals surface area contributed by atoms with Crippen molar-refractivity contribution in [3.8, 4) is 0 Å². The first-order valence-corrected chi connectivity index (χ1v) is 6.90. The van der Waals surface area contributed by atoms with E-state index in [1.807, 2.05) is 26.0 Å². The van der Waals surface area contributed by atoms with Crippen LogP contribution in [0.1, 0.15) is 27.0 Å². The molecule has 0 saturated carbocycles. The number of nitrogens with zero attached hydrogens (tertiary/aromatic N) is 1. The van der Waals surface area contributed by atoms with Gasteiger partial charge in [-0.05, 0) is 53.0 Å². The largest absolute Gasteiger partial charge is 0.457 e. The monoisotopic (exact) mass is 334 g/mol. The molecular formula is C15H15BrN2O2. The summed E-state index contributed by atoms with van der Waals surface area (Å²) < 4.78 is 6.14. The molecule has 2 N–H and O–H groups in total. The third-order valence-electron chi connectivity index (χ3n) is 2.96. The number of hydrogen-bond donors (Lipinski definition) is 1. The summed E-state index contributed by atoms with van der Waals surface area (Å²) in [5.41, 5.74) is 9.55. The van der Waals surface area contributed by atoms with E-state index in [2.05, 4.69) is 20.9 Å². The van der Waals surface area contributed by atoms with Crippen LogP contribution in [-0.2, 0) is 11.3 Å². The van der Waals surface area contributed by atoms with Crippen molar-refractivity contribution in [3.63, 3.8) is 0 Å². The number of nitrogen functional groups attached to an aromatic ring is 1. The highest BCUT2D eigenvalue weighted by molar-refractivity contribution is 9.10. The standard InChI is InChI=1S/C15H15BrN2O2/c1-9-3-10(2)14(17)5-13(9)15(19)20-8-11-4-12(16)7-18-6-11/h3-7H,8,17H2,1-2H3. The lowest BCUT2D eigenvalue weighted by atomic mass is 10.0. The maximum Gasteiger partial charge on any atom is 0.338 e. The average Bonchev–Trinajstić information content (AvgIpc) is 2.40. The highest BCUT2D eigenvalue weighted by Gasteiger charge is 2.12. The van der Waals surface area contributed by atoms with E-state index >= 15 is 0 Å². The summed E-state index contributed by atoms with van der Waals surface area (Å²) in [7, 11) is 0. The zero-order chi connectivity index (χ0) is 14.7. The number of halogens is 1. The Hall–Kier alpha value is -1.88. The minimum Gasteiger partial charge on any atom is -0.457 e. The maximum atomic E-state index is 12.1. The molecule has 20 heavy (non-hydrogen) atoms. The van der Waals surface area contributed by atoms with E-state index in [1.54, 1.807) is 18.5 Å². The van der Waals surface area contributed by atoms with Crippen molar-refractivity contribution in [2.24, 2.45) is 0 Å². The molecule has 0 atom stereocenters. The first kappa shape index (κ1) is 14.5. The number of nitrogens with two attached hydrogens (primary N) is 1. The number of benzene rings is 1. The first-order valence-electron chi connectivity index (χ1n) is 6.10. The minimum absolute atomic E-state index is 0.179. The normalized spacial score (nSPS) is 10.3. The van der Waals surface area contributed by atoms with Gasteiger partial charge in [0.2, 0.25) is 0 Å². The topological polar surface area (TPSA) is 65.2 Å². The molecule has 104 valence electrons. The van der Waals surface area contributed by atoms with E-state index in [0.717, 1.165) is 21.2 Å². The van der Waals surface area contributed by atoms with Crippen molar-refractivity contribution in [3.05, 3.63) is 57.3 Å². The molecule has 0 fully saturated rings. The molecule has 0 aliphatic heterocycles. The second-order valence-corrected chi connectivity index (χ2v) is 5.53. The second kappa shape index (κ2) is 6.05. The smallest absolute Gasteiger partial charge is 0.338 e. The molecule has 2 aromatic rings. The van der Waals surface area contributed by atoms with Crippen LogP contribution in [0.2, 0.25) is 0 Å². The van der Waals surface area contributed by atoms with Gasteiger partial charge in [-0.25, -0.2) is 4.79 Å². The van der Waals surface area contributed by atoms with Crippen LogP contribution in [0.25, 0.3) is 0 Å². The van der Waals surface area contributed by atoms with Crippen LogP contribution < -0.4 is 5.73 Å². The minimum atomic E-state index is -0.380. The van der Waals surface area contributed by atoms with E-state index in [9.17, 15) is 4.79 Å². The number of ether oxygens (including phenoxy) is 1. The van der Waals surface area contributed by atoms with Gasteiger partial charge in [-0.1, -0.05) is 6.07 Å². The van der Waals surface area contributed by atoms with Gasteiger partial charge in [0.1, 0.15) is 6.61 Å². The molecule has 0 aliphatic rings. The lowest BCUT2D eigenvalue weighted by Gasteiger charge is -2.10. The summed E-state index contributed by atoms with van der Waals surface area (Å²) in [6.45, 7) is 3.95. The fraction of sp³-hybridized carbons (Fsp3) is 0.200. The number of pyridine rings is 1. The predicted octanol–water partition coefficient (Wildman–Crippen LogP) is 3.40. The Balaban J connectivity index is 2.11. The Morgan fingerprint density at radius 3 is 2.70 bits per heavy atom. The van der Waals surface area contributed by atoms with Gasteiger partial charge in [-0.15, -0.1) is 0 Å². The van der Waals surface area contributed by atoms with Gasteiger partial charge in [0.25, 0.3) is 0 Å². The highest BCUT2D eigenvalue weighted by atomic mass is 79.9. The Kier molecular flexibility index (Phi) is 4.39. The van der Waals surface area contributed by atoms with Crippen molar-refractivity contribution in [2.75, 3.05) is 5.73 Å². The Morgan fingerprint density at radius 2 is 2.00 bits per heavy atom. The third-order valence-corrected chi connectivity index (χ3v) is 3.40. The summed E-state index contributed by atoms with van der Waals surface area (Å²) in [6, 6.07) is 5.40. The summed E-state index contributed by atoms with van der Waals surface area (Å²) >= 11 is 3.32. The Morgan fingerprint density at radius 1 is 1.25 bits per heavy atom. The number of aromatic nitrogens is 1. The van der Waals surface area contributed by atoms with Gasteiger partial charge in [0.05, 0.1) is 5.56 Å². The van der Waals surface area contributed by atoms with Crippen LogP contribution in [0, 0.1) is 13.8 Å². The zero-order valence-corrected chi connectivity index (χ0v) is 12.9. The highest BCUT2D eigenvalue weighted by Crippen LogP contribution is 2.19. The fourth-order valence-corrected chi connectivity index (χ4v) is 2.26. The van der Waals surface area contributed by atoms with Crippen LogP contribution in [0.3, 0.4) is 0 Å². The molecule has 1 heterocycles. The van der Waals surface area contributed by atoms with Gasteiger partial charge in [0.15, 0.2) is 0 Å². The quantitative estimate of drug-likeness (QED) is 0.690. The number of aryl methyl sites for hydroxylation is 2. The number of rotatable bonds is 3. The maximum absolute atomic E-state index is 12.1. The fourth-order valence-electron chi connectivity index (χ4n) is 1.85. The molecule has 5 heteroatoms. The number of carbonyl (C=O) groups is 1.